The molecule has 0 bridgehead atoms. The lowest BCUT2D eigenvalue weighted by atomic mass is 10.0. The molecular formula is C45H50N6O13. The van der Waals surface area contributed by atoms with Crippen molar-refractivity contribution in [3.05, 3.63) is 153 Å². The Hall–Kier alpha value is -6.77. The smallest absolute Gasteiger partial charge is 0.413 e. The van der Waals surface area contributed by atoms with Crippen molar-refractivity contribution in [2.75, 3.05) is 37.1 Å². The highest BCUT2D eigenvalue weighted by Crippen LogP contribution is 2.21. The van der Waals surface area contributed by atoms with E-state index in [1.165, 1.54) is 58.5 Å². The minimum atomic E-state index is -0.825. The molecule has 0 saturated carbocycles. The van der Waals surface area contributed by atoms with Crippen molar-refractivity contribution < 1.29 is 52.6 Å². The maximum atomic E-state index is 12.5. The van der Waals surface area contributed by atoms with Crippen LogP contribution in [0.5, 0.6) is 0 Å². The Morgan fingerprint density at radius 2 is 1.17 bits per heavy atom. The standard InChI is InChI=1S/C29H33N3O7.C16H17N3O6/c1-2-3-4-6-9-21-12-14-23(15-13-21)27(33)37-20-26-36-19-25(39-26)32-17-16-24(30-28(32)34)31-29(35)38-18-22-10-7-5-8-11-22;20-8-14-23-10-13(25-14)19-7-6-12(17-15(19)21)18-16(22)24-9-11-4-2-1-3-5-11/h5,7-8,10-17,25-26H,2-4,6,9,18-20H2,1H3,(H,30,31,34,35);1-7,13-14,20H,8-10H2,(H,17,18,21,22)/t25-,26-;13-,14-/m00/s1. The zero-order chi connectivity index (χ0) is 45.1. The fourth-order valence-electron chi connectivity index (χ4n) is 6.28. The molecule has 4 heterocycles. The largest absolute Gasteiger partial charge is 0.457 e. The van der Waals surface area contributed by atoms with Crippen molar-refractivity contribution in [3.63, 3.8) is 0 Å². The fraction of sp³-hybridized carbons (Fsp3) is 0.356. The van der Waals surface area contributed by atoms with Gasteiger partial charge in [-0.15, -0.1) is 0 Å². The Morgan fingerprint density at radius 3 is 1.66 bits per heavy atom. The molecule has 2 aliphatic heterocycles. The van der Waals surface area contributed by atoms with Crippen molar-refractivity contribution in [2.24, 2.45) is 0 Å². The first-order chi connectivity index (χ1) is 31.2. The van der Waals surface area contributed by atoms with Gasteiger partial charge in [0.15, 0.2) is 25.0 Å². The number of anilines is 2. The number of aryl methyl sites for hydroxylation is 1. The number of carbonyl (C=O) groups is 3. The number of amides is 2. The molecule has 3 N–H and O–H groups in total. The molecule has 0 unspecified atom stereocenters. The maximum absolute atomic E-state index is 12.5. The normalized spacial score (nSPS) is 17.7. The van der Waals surface area contributed by atoms with Gasteiger partial charge in [0, 0.05) is 12.4 Å². The quantitative estimate of drug-likeness (QED) is 0.0578. The summed E-state index contributed by atoms with van der Waals surface area (Å²) in [5, 5.41) is 13.8. The molecule has 2 fully saturated rings. The summed E-state index contributed by atoms with van der Waals surface area (Å²) in [7, 11) is 0. The average Bonchev–Trinajstić information content (AvgIpc) is 4.00. The predicted molar refractivity (Wildman–Crippen MR) is 229 cm³/mol. The van der Waals surface area contributed by atoms with Crippen LogP contribution in [0.25, 0.3) is 0 Å². The van der Waals surface area contributed by atoms with Gasteiger partial charge in [0.05, 0.1) is 25.4 Å². The molecule has 5 aromatic rings. The minimum absolute atomic E-state index is 0.0469. The van der Waals surface area contributed by atoms with E-state index in [0.29, 0.717) is 5.56 Å². The number of aliphatic hydroxyl groups excluding tert-OH is 1. The van der Waals surface area contributed by atoms with Crippen LogP contribution in [0, 0.1) is 0 Å². The summed E-state index contributed by atoms with van der Waals surface area (Å²) in [5.74, 6) is -0.362. The lowest BCUT2D eigenvalue weighted by Gasteiger charge is -2.14. The molecule has 19 nitrogen and oxygen atoms in total. The number of hydrogen-bond acceptors (Lipinski definition) is 15. The van der Waals surface area contributed by atoms with E-state index in [1.807, 2.05) is 72.8 Å². The maximum Gasteiger partial charge on any atom is 0.413 e. The number of carbonyl (C=O) groups excluding carboxylic acids is 3. The minimum Gasteiger partial charge on any atom is -0.457 e. The molecule has 2 aromatic heterocycles. The first-order valence-corrected chi connectivity index (χ1v) is 20.7. The number of nitrogens with zero attached hydrogens (tertiary/aromatic N) is 4. The fourth-order valence-corrected chi connectivity index (χ4v) is 6.28. The van der Waals surface area contributed by atoms with Crippen molar-refractivity contribution in [3.8, 4) is 0 Å². The SMILES string of the molecule is CCCCCCc1ccc(C(=O)OC[C@H]2OC[C@@H](n3ccc(NC(=O)OCc4ccccc4)nc3=O)O2)cc1.O=C(Nc1ccn([C@@H]2CO[C@H](CO)O2)c(=O)n1)OCc1ccccc1. The third-order valence-corrected chi connectivity index (χ3v) is 9.64. The van der Waals surface area contributed by atoms with E-state index in [1.54, 1.807) is 12.1 Å². The van der Waals surface area contributed by atoms with E-state index in [-0.39, 0.29) is 51.3 Å². The molecule has 19 heteroatoms. The molecule has 7 rings (SSSR count). The van der Waals surface area contributed by atoms with E-state index < -0.39 is 54.6 Å². The van der Waals surface area contributed by atoms with Gasteiger partial charge in [0.25, 0.3) is 0 Å². The van der Waals surface area contributed by atoms with Crippen molar-refractivity contribution >= 4 is 29.8 Å². The van der Waals surface area contributed by atoms with Crippen LogP contribution in [0.4, 0.5) is 21.2 Å². The number of unbranched alkanes of at least 4 members (excludes halogenated alkanes) is 3. The number of hydrogen-bond donors (Lipinski definition) is 3. The van der Waals surface area contributed by atoms with Crippen LogP contribution < -0.4 is 22.0 Å². The first-order valence-electron chi connectivity index (χ1n) is 20.7. The van der Waals surface area contributed by atoms with E-state index in [9.17, 15) is 24.0 Å². The Balaban J connectivity index is 0.000000234. The van der Waals surface area contributed by atoms with Gasteiger partial charge in [0.2, 0.25) is 0 Å². The number of aliphatic hydroxyl groups is 1. The van der Waals surface area contributed by atoms with Gasteiger partial charge in [-0.2, -0.15) is 9.97 Å². The summed E-state index contributed by atoms with van der Waals surface area (Å²) < 4.78 is 39.7. The van der Waals surface area contributed by atoms with Crippen molar-refractivity contribution in [2.45, 2.75) is 77.3 Å². The number of esters is 1. The van der Waals surface area contributed by atoms with Crippen LogP contribution in [0.1, 0.15) is 72.1 Å². The van der Waals surface area contributed by atoms with Crippen molar-refractivity contribution in [1.82, 2.24) is 19.1 Å². The molecule has 2 amide bonds. The van der Waals surface area contributed by atoms with Gasteiger partial charge in [0.1, 0.15) is 31.5 Å². The second kappa shape index (κ2) is 24.2. The molecule has 2 saturated heterocycles. The molecule has 338 valence electrons. The molecule has 0 radical (unpaired) electrons. The summed E-state index contributed by atoms with van der Waals surface area (Å²) in [6.07, 6.45) is 4.18. The first kappa shape index (κ1) is 46.7. The van der Waals surface area contributed by atoms with Crippen LogP contribution in [-0.4, -0.2) is 81.4 Å². The van der Waals surface area contributed by atoms with Gasteiger partial charge in [-0.1, -0.05) is 99.0 Å². The number of aromatic nitrogens is 4. The van der Waals surface area contributed by atoms with Crippen LogP contribution in [0.15, 0.2) is 119 Å². The molecular weight excluding hydrogens is 833 g/mol. The monoisotopic (exact) mass is 882 g/mol. The van der Waals surface area contributed by atoms with Crippen molar-refractivity contribution in [1.29, 1.82) is 0 Å². The van der Waals surface area contributed by atoms with Crippen LogP contribution in [0.3, 0.4) is 0 Å². The second-order valence-corrected chi connectivity index (χ2v) is 14.4. The highest BCUT2D eigenvalue weighted by atomic mass is 16.8. The highest BCUT2D eigenvalue weighted by molar-refractivity contribution is 5.89. The number of benzene rings is 3. The van der Waals surface area contributed by atoms with Crippen LogP contribution in [-0.2, 0) is 52.8 Å². The van der Waals surface area contributed by atoms with E-state index in [4.69, 9.17) is 38.3 Å². The van der Waals surface area contributed by atoms with Gasteiger partial charge in [-0.25, -0.2) is 24.0 Å². The predicted octanol–water partition coefficient (Wildman–Crippen LogP) is 5.70. The van der Waals surface area contributed by atoms with Gasteiger partial charge in [-0.05, 0) is 53.8 Å². The number of rotatable bonds is 17. The molecule has 2 aliphatic rings. The van der Waals surface area contributed by atoms with Gasteiger partial charge < -0.3 is 38.3 Å². The summed E-state index contributed by atoms with van der Waals surface area (Å²) in [6, 6.07) is 28.7. The summed E-state index contributed by atoms with van der Waals surface area (Å²) in [6.45, 7) is 2.16. The van der Waals surface area contributed by atoms with E-state index in [2.05, 4.69) is 27.5 Å². The van der Waals surface area contributed by atoms with E-state index >= 15 is 0 Å². The van der Waals surface area contributed by atoms with Gasteiger partial charge in [-0.3, -0.25) is 19.8 Å². The molecule has 0 aliphatic carbocycles. The molecule has 0 spiro atoms. The average molecular weight is 883 g/mol. The Morgan fingerprint density at radius 1 is 0.656 bits per heavy atom. The molecule has 4 atom stereocenters. The Bertz CT molecular complexity index is 2380. The molecule has 64 heavy (non-hydrogen) atoms. The second-order valence-electron chi connectivity index (χ2n) is 14.4. The molecule has 3 aromatic carbocycles. The summed E-state index contributed by atoms with van der Waals surface area (Å²) in [5.41, 5.74) is 2.06. The van der Waals surface area contributed by atoms with Crippen LogP contribution in [0.2, 0.25) is 0 Å². The zero-order valence-corrected chi connectivity index (χ0v) is 35.1. The lowest BCUT2D eigenvalue weighted by Crippen LogP contribution is -2.29. The summed E-state index contributed by atoms with van der Waals surface area (Å²) >= 11 is 0. The lowest BCUT2D eigenvalue weighted by molar-refractivity contribution is -0.103. The van der Waals surface area contributed by atoms with Crippen LogP contribution >= 0.6 is 0 Å². The zero-order valence-electron chi connectivity index (χ0n) is 35.1. The third kappa shape index (κ3) is 14.4. The summed E-state index contributed by atoms with van der Waals surface area (Å²) in [4.78, 5) is 68.4. The third-order valence-electron chi connectivity index (χ3n) is 9.64. The Labute approximate surface area is 367 Å². The number of ether oxygens (including phenoxy) is 7. The van der Waals surface area contributed by atoms with Gasteiger partial charge >= 0.3 is 29.5 Å². The topological polar surface area (TPSA) is 230 Å². The number of nitrogens with one attached hydrogen (secondary N) is 2. The Kier molecular flexibility index (Phi) is 17.7. The van der Waals surface area contributed by atoms with E-state index in [0.717, 1.165) is 24.0 Å². The highest BCUT2D eigenvalue weighted by Gasteiger charge is 2.30.